The van der Waals surface area contributed by atoms with Crippen molar-refractivity contribution in [1.29, 1.82) is 0 Å². The van der Waals surface area contributed by atoms with E-state index in [0.29, 0.717) is 12.5 Å². The molecule has 2 saturated heterocycles. The van der Waals surface area contributed by atoms with E-state index in [-0.39, 0.29) is 12.4 Å². The van der Waals surface area contributed by atoms with Crippen molar-refractivity contribution in [2.45, 2.75) is 38.9 Å². The summed E-state index contributed by atoms with van der Waals surface area (Å²) in [7, 11) is 0. The van der Waals surface area contributed by atoms with E-state index in [1.54, 1.807) is 0 Å². The highest BCUT2D eigenvalue weighted by Crippen LogP contribution is 2.24. The quantitative estimate of drug-likeness (QED) is 0.773. The summed E-state index contributed by atoms with van der Waals surface area (Å²) in [5, 5.41) is 0. The van der Waals surface area contributed by atoms with Crippen molar-refractivity contribution < 1.29 is 19.0 Å². The van der Waals surface area contributed by atoms with E-state index in [0.717, 1.165) is 52.0 Å². The topological polar surface area (TPSA) is 48.0 Å². The first-order valence-corrected chi connectivity index (χ1v) is 6.94. The van der Waals surface area contributed by atoms with Gasteiger partial charge in [0.2, 0.25) is 0 Å². The molecule has 2 rings (SSSR count). The number of hydrogen-bond donors (Lipinski definition) is 0. The molecule has 2 aliphatic rings. The predicted octanol–water partition coefficient (Wildman–Crippen LogP) is 2.01. The molecule has 0 unspecified atom stereocenters. The maximum absolute atomic E-state index is 11.5. The van der Waals surface area contributed by atoms with Gasteiger partial charge in [-0.15, -0.1) is 0 Å². The molecule has 104 valence electrons. The average Bonchev–Trinajstić information content (AvgIpc) is 2.90. The van der Waals surface area contributed by atoms with Gasteiger partial charge in [0, 0.05) is 13.1 Å². The molecule has 0 spiro atoms. The largest absolute Gasteiger partial charge is 0.450 e. The van der Waals surface area contributed by atoms with Crippen LogP contribution in [0.3, 0.4) is 0 Å². The molecule has 2 fully saturated rings. The van der Waals surface area contributed by atoms with Gasteiger partial charge in [-0.25, -0.2) is 4.79 Å². The molecular weight excluding hydrogens is 234 g/mol. The third-order valence-corrected chi connectivity index (χ3v) is 3.64. The Bertz CT molecular complexity index is 258. The zero-order chi connectivity index (χ0) is 12.8. The van der Waals surface area contributed by atoms with E-state index in [1.807, 2.05) is 11.8 Å². The number of amides is 1. The van der Waals surface area contributed by atoms with Gasteiger partial charge in [0.15, 0.2) is 6.29 Å². The Balaban J connectivity index is 1.62. The molecule has 2 aliphatic heterocycles. The molecule has 5 heteroatoms. The lowest BCUT2D eigenvalue weighted by Crippen LogP contribution is -2.39. The number of piperidine rings is 1. The maximum atomic E-state index is 11.5. The van der Waals surface area contributed by atoms with Gasteiger partial charge in [0.25, 0.3) is 0 Å². The number of hydrogen-bond acceptors (Lipinski definition) is 4. The van der Waals surface area contributed by atoms with E-state index < -0.39 is 0 Å². The molecule has 5 nitrogen and oxygen atoms in total. The summed E-state index contributed by atoms with van der Waals surface area (Å²) in [6.45, 7) is 5.38. The molecule has 0 radical (unpaired) electrons. The second kappa shape index (κ2) is 6.95. The Morgan fingerprint density at radius 2 is 1.89 bits per heavy atom. The van der Waals surface area contributed by atoms with Gasteiger partial charge in [0.1, 0.15) is 0 Å². The van der Waals surface area contributed by atoms with Gasteiger partial charge >= 0.3 is 6.09 Å². The summed E-state index contributed by atoms with van der Waals surface area (Å²) in [6, 6.07) is 0. The van der Waals surface area contributed by atoms with E-state index in [9.17, 15) is 4.79 Å². The maximum Gasteiger partial charge on any atom is 0.409 e. The SMILES string of the molecule is CCOC(=O)N1CCC(CCC2OCCO2)CC1. The fraction of sp³-hybridized carbons (Fsp3) is 0.923. The first kappa shape index (κ1) is 13.6. The fourth-order valence-electron chi connectivity index (χ4n) is 2.56. The Kier molecular flexibility index (Phi) is 5.26. The Morgan fingerprint density at radius 3 is 2.50 bits per heavy atom. The third-order valence-electron chi connectivity index (χ3n) is 3.64. The molecule has 0 N–H and O–H groups in total. The predicted molar refractivity (Wildman–Crippen MR) is 66.2 cm³/mol. The fourth-order valence-corrected chi connectivity index (χ4v) is 2.56. The van der Waals surface area contributed by atoms with Crippen LogP contribution in [0.25, 0.3) is 0 Å². The second-order valence-electron chi connectivity index (χ2n) is 4.88. The number of ether oxygens (including phenoxy) is 3. The van der Waals surface area contributed by atoms with E-state index in [2.05, 4.69) is 0 Å². The minimum atomic E-state index is -0.168. The third kappa shape index (κ3) is 3.85. The van der Waals surface area contributed by atoms with E-state index >= 15 is 0 Å². The summed E-state index contributed by atoms with van der Waals surface area (Å²) in [4.78, 5) is 13.3. The van der Waals surface area contributed by atoms with Gasteiger partial charge in [-0.05, 0) is 38.5 Å². The molecule has 0 bridgehead atoms. The van der Waals surface area contributed by atoms with E-state index in [1.165, 1.54) is 0 Å². The van der Waals surface area contributed by atoms with Crippen molar-refractivity contribution in [3.05, 3.63) is 0 Å². The minimum absolute atomic E-state index is 0.00749. The summed E-state index contributed by atoms with van der Waals surface area (Å²) < 4.78 is 15.9. The van der Waals surface area contributed by atoms with Crippen LogP contribution in [0, 0.1) is 5.92 Å². The Labute approximate surface area is 108 Å². The monoisotopic (exact) mass is 257 g/mol. The molecule has 18 heavy (non-hydrogen) atoms. The molecule has 0 atom stereocenters. The molecule has 0 aromatic rings. The van der Waals surface area contributed by atoms with Gasteiger partial charge < -0.3 is 19.1 Å². The average molecular weight is 257 g/mol. The van der Waals surface area contributed by atoms with E-state index in [4.69, 9.17) is 14.2 Å². The lowest BCUT2D eigenvalue weighted by molar-refractivity contribution is -0.0514. The van der Waals surface area contributed by atoms with Gasteiger partial charge in [-0.3, -0.25) is 0 Å². The van der Waals surface area contributed by atoms with Crippen LogP contribution in [-0.2, 0) is 14.2 Å². The first-order valence-electron chi connectivity index (χ1n) is 6.94. The molecule has 2 heterocycles. The van der Waals surface area contributed by atoms with Crippen molar-refractivity contribution in [3.8, 4) is 0 Å². The number of likely N-dealkylation sites (tertiary alicyclic amines) is 1. The van der Waals surface area contributed by atoms with Crippen molar-refractivity contribution in [2.24, 2.45) is 5.92 Å². The molecule has 0 aromatic carbocycles. The zero-order valence-corrected chi connectivity index (χ0v) is 11.1. The standard InChI is InChI=1S/C13H23NO4/c1-2-16-13(15)14-7-5-11(6-8-14)3-4-12-17-9-10-18-12/h11-12H,2-10H2,1H3. The van der Waals surface area contributed by atoms with Crippen molar-refractivity contribution in [1.82, 2.24) is 4.90 Å². The summed E-state index contributed by atoms with van der Waals surface area (Å²) in [5.74, 6) is 0.684. The second-order valence-corrected chi connectivity index (χ2v) is 4.88. The molecular formula is C13H23NO4. The number of rotatable bonds is 4. The molecule has 1 amide bonds. The molecule has 0 aromatic heterocycles. The zero-order valence-electron chi connectivity index (χ0n) is 11.1. The van der Waals surface area contributed by atoms with Gasteiger partial charge in [-0.2, -0.15) is 0 Å². The van der Waals surface area contributed by atoms with Crippen molar-refractivity contribution in [3.63, 3.8) is 0 Å². The van der Waals surface area contributed by atoms with Gasteiger partial charge in [0.05, 0.1) is 19.8 Å². The smallest absolute Gasteiger partial charge is 0.409 e. The number of carbonyl (C=O) groups is 1. The van der Waals surface area contributed by atoms with Crippen LogP contribution >= 0.6 is 0 Å². The highest BCUT2D eigenvalue weighted by molar-refractivity contribution is 5.67. The van der Waals surface area contributed by atoms with Crippen LogP contribution < -0.4 is 0 Å². The van der Waals surface area contributed by atoms with Crippen LogP contribution in [0.2, 0.25) is 0 Å². The Morgan fingerprint density at radius 1 is 1.22 bits per heavy atom. The number of nitrogens with zero attached hydrogens (tertiary/aromatic N) is 1. The lowest BCUT2D eigenvalue weighted by Gasteiger charge is -2.31. The van der Waals surface area contributed by atoms with Crippen LogP contribution in [0.1, 0.15) is 32.6 Å². The minimum Gasteiger partial charge on any atom is -0.450 e. The van der Waals surface area contributed by atoms with Crippen LogP contribution in [0.5, 0.6) is 0 Å². The molecule has 0 aliphatic carbocycles. The van der Waals surface area contributed by atoms with Gasteiger partial charge in [-0.1, -0.05) is 0 Å². The highest BCUT2D eigenvalue weighted by Gasteiger charge is 2.25. The van der Waals surface area contributed by atoms with Crippen LogP contribution in [0.15, 0.2) is 0 Å². The summed E-state index contributed by atoms with van der Waals surface area (Å²) in [6.07, 6.45) is 4.06. The van der Waals surface area contributed by atoms with Crippen LogP contribution in [0.4, 0.5) is 4.79 Å². The Hall–Kier alpha value is -0.810. The van der Waals surface area contributed by atoms with Crippen molar-refractivity contribution in [2.75, 3.05) is 32.9 Å². The summed E-state index contributed by atoms with van der Waals surface area (Å²) in [5.41, 5.74) is 0. The van der Waals surface area contributed by atoms with Crippen LogP contribution in [-0.4, -0.2) is 50.2 Å². The first-order chi connectivity index (χ1) is 8.79. The summed E-state index contributed by atoms with van der Waals surface area (Å²) >= 11 is 0. The number of carbonyl (C=O) groups excluding carboxylic acids is 1. The normalized spacial score (nSPS) is 22.4. The highest BCUT2D eigenvalue weighted by atomic mass is 16.7. The molecule has 0 saturated carbocycles. The lowest BCUT2D eigenvalue weighted by atomic mass is 9.92. The van der Waals surface area contributed by atoms with Crippen molar-refractivity contribution >= 4 is 6.09 Å².